The molecule has 0 radical (unpaired) electrons. The van der Waals surface area contributed by atoms with Crippen molar-refractivity contribution in [3.8, 4) is 0 Å². The van der Waals surface area contributed by atoms with Gasteiger partial charge < -0.3 is 0 Å². The minimum atomic E-state index is 0.168. The van der Waals surface area contributed by atoms with Crippen LogP contribution in [0.15, 0.2) is 84.9 Å². The molecule has 0 unspecified atom stereocenters. The van der Waals surface area contributed by atoms with Gasteiger partial charge in [0.2, 0.25) is 0 Å². The Labute approximate surface area is 174 Å². The Morgan fingerprint density at radius 1 is 0.536 bits per heavy atom. The summed E-state index contributed by atoms with van der Waals surface area (Å²) in [6.07, 6.45) is 0. The third-order valence-corrected chi connectivity index (χ3v) is 6.23. The van der Waals surface area contributed by atoms with Gasteiger partial charge in [-0.3, -0.25) is 9.59 Å². The van der Waals surface area contributed by atoms with E-state index in [1.807, 2.05) is 60.7 Å². The number of thioether (sulfide) groups is 2. The zero-order valence-corrected chi connectivity index (χ0v) is 17.2. The average Bonchev–Trinajstić information content (AvgIpc) is 2.76. The normalized spacial score (nSPS) is 10.6. The summed E-state index contributed by atoms with van der Waals surface area (Å²) >= 11 is 3.27. The number of carbonyl (C=O) groups is 2. The highest BCUT2D eigenvalue weighted by atomic mass is 32.2. The van der Waals surface area contributed by atoms with Gasteiger partial charge in [0.1, 0.15) is 0 Å². The minimum absolute atomic E-state index is 0.168. The summed E-state index contributed by atoms with van der Waals surface area (Å²) < 4.78 is 0. The largest absolute Gasteiger partial charge is 0.293 e. The van der Waals surface area contributed by atoms with Gasteiger partial charge in [0.25, 0.3) is 0 Å². The van der Waals surface area contributed by atoms with Crippen molar-refractivity contribution in [1.82, 2.24) is 0 Å². The van der Waals surface area contributed by atoms with E-state index in [0.717, 1.165) is 22.6 Å². The molecule has 0 N–H and O–H groups in total. The maximum absolute atomic E-state index is 12.1. The van der Waals surface area contributed by atoms with Gasteiger partial charge in [-0.15, -0.1) is 23.5 Å². The first-order chi connectivity index (χ1) is 13.7. The van der Waals surface area contributed by atoms with E-state index in [1.165, 1.54) is 11.1 Å². The third kappa shape index (κ3) is 6.39. The smallest absolute Gasteiger partial charge is 0.172 e. The zero-order chi connectivity index (χ0) is 19.6. The molecule has 4 heteroatoms. The molecule has 3 aromatic carbocycles. The summed E-state index contributed by atoms with van der Waals surface area (Å²) in [7, 11) is 0. The Kier molecular flexibility index (Phi) is 7.94. The Morgan fingerprint density at radius 2 is 0.893 bits per heavy atom. The lowest BCUT2D eigenvalue weighted by molar-refractivity contribution is 0.101. The Balaban J connectivity index is 1.39. The van der Waals surface area contributed by atoms with Gasteiger partial charge in [-0.25, -0.2) is 0 Å². The summed E-state index contributed by atoms with van der Waals surface area (Å²) in [5, 5.41) is 0. The van der Waals surface area contributed by atoms with Crippen LogP contribution in [0.4, 0.5) is 0 Å². The van der Waals surface area contributed by atoms with E-state index in [4.69, 9.17) is 0 Å². The van der Waals surface area contributed by atoms with Gasteiger partial charge in [0.15, 0.2) is 11.6 Å². The first kappa shape index (κ1) is 20.4. The van der Waals surface area contributed by atoms with Crippen molar-refractivity contribution in [2.45, 2.75) is 11.5 Å². The summed E-state index contributed by atoms with van der Waals surface area (Å²) in [5.74, 6) is 2.95. The fourth-order valence-electron chi connectivity index (χ4n) is 2.67. The van der Waals surface area contributed by atoms with Crippen LogP contribution in [-0.2, 0) is 11.5 Å². The zero-order valence-electron chi connectivity index (χ0n) is 15.5. The minimum Gasteiger partial charge on any atom is -0.293 e. The number of ketones is 2. The van der Waals surface area contributed by atoms with Crippen molar-refractivity contribution in [2.24, 2.45) is 0 Å². The molecular formula is C24H22O2S2. The van der Waals surface area contributed by atoms with Crippen molar-refractivity contribution in [2.75, 3.05) is 11.5 Å². The van der Waals surface area contributed by atoms with Gasteiger partial charge >= 0.3 is 0 Å². The molecule has 3 aromatic rings. The van der Waals surface area contributed by atoms with E-state index in [0.29, 0.717) is 11.5 Å². The van der Waals surface area contributed by atoms with Crippen LogP contribution in [0.25, 0.3) is 0 Å². The van der Waals surface area contributed by atoms with Crippen molar-refractivity contribution in [1.29, 1.82) is 0 Å². The van der Waals surface area contributed by atoms with Crippen LogP contribution < -0.4 is 0 Å². The third-order valence-electron chi connectivity index (χ3n) is 4.22. The van der Waals surface area contributed by atoms with E-state index < -0.39 is 0 Å². The highest BCUT2D eigenvalue weighted by molar-refractivity contribution is 7.99. The Hall–Kier alpha value is -2.30. The molecule has 0 heterocycles. The fraction of sp³-hybridized carbons (Fsp3) is 0.167. The lowest BCUT2D eigenvalue weighted by Gasteiger charge is -2.05. The molecule has 28 heavy (non-hydrogen) atoms. The van der Waals surface area contributed by atoms with Gasteiger partial charge in [0, 0.05) is 22.6 Å². The summed E-state index contributed by atoms with van der Waals surface area (Å²) in [4.78, 5) is 24.2. The molecule has 0 spiro atoms. The average molecular weight is 407 g/mol. The molecule has 0 amide bonds. The number of Topliss-reactive ketones (excluding diaryl/α,β-unsaturated/α-hetero) is 2. The highest BCUT2D eigenvalue weighted by Gasteiger charge is 2.06. The van der Waals surface area contributed by atoms with Gasteiger partial charge in [-0.1, -0.05) is 84.9 Å². The van der Waals surface area contributed by atoms with Crippen molar-refractivity contribution in [3.05, 3.63) is 107 Å². The second-order valence-corrected chi connectivity index (χ2v) is 8.35. The molecule has 0 fully saturated rings. The standard InChI is InChI=1S/C24H22O2S2/c25-23(21-7-3-1-4-8-21)17-27-15-19-11-13-20(14-12-19)16-28-18-24(26)22-9-5-2-6-10-22/h1-14H,15-18H2. The maximum Gasteiger partial charge on any atom is 0.172 e. The second kappa shape index (κ2) is 10.9. The second-order valence-electron chi connectivity index (χ2n) is 6.38. The monoisotopic (exact) mass is 406 g/mol. The number of carbonyl (C=O) groups excluding carboxylic acids is 2. The molecular weight excluding hydrogens is 384 g/mol. The van der Waals surface area contributed by atoms with Crippen molar-refractivity contribution < 1.29 is 9.59 Å². The molecule has 0 bridgehead atoms. The first-order valence-electron chi connectivity index (χ1n) is 9.12. The molecule has 2 nitrogen and oxygen atoms in total. The van der Waals surface area contributed by atoms with Crippen molar-refractivity contribution in [3.63, 3.8) is 0 Å². The predicted octanol–water partition coefficient (Wildman–Crippen LogP) is 5.92. The molecule has 142 valence electrons. The summed E-state index contributed by atoms with van der Waals surface area (Å²) in [6.45, 7) is 0. The van der Waals surface area contributed by atoms with Crippen LogP contribution in [-0.4, -0.2) is 23.1 Å². The van der Waals surface area contributed by atoms with Crippen LogP contribution >= 0.6 is 23.5 Å². The van der Waals surface area contributed by atoms with Crippen LogP contribution in [0.2, 0.25) is 0 Å². The maximum atomic E-state index is 12.1. The van der Waals surface area contributed by atoms with E-state index in [9.17, 15) is 9.59 Å². The van der Waals surface area contributed by atoms with Crippen LogP contribution in [0.5, 0.6) is 0 Å². The van der Waals surface area contributed by atoms with Crippen LogP contribution in [0.1, 0.15) is 31.8 Å². The van der Waals surface area contributed by atoms with Gasteiger partial charge in [-0.05, 0) is 11.1 Å². The Bertz CT molecular complexity index is 814. The lowest BCUT2D eigenvalue weighted by Crippen LogP contribution is -2.02. The fourth-order valence-corrected chi connectivity index (χ4v) is 4.43. The number of hydrogen-bond donors (Lipinski definition) is 0. The predicted molar refractivity (Wildman–Crippen MR) is 120 cm³/mol. The van der Waals surface area contributed by atoms with E-state index in [2.05, 4.69) is 24.3 Å². The van der Waals surface area contributed by atoms with Crippen LogP contribution in [0, 0.1) is 0 Å². The summed E-state index contributed by atoms with van der Waals surface area (Å²) in [5.41, 5.74) is 3.96. The highest BCUT2D eigenvalue weighted by Crippen LogP contribution is 2.18. The molecule has 0 atom stereocenters. The van der Waals surface area contributed by atoms with Crippen LogP contribution in [0.3, 0.4) is 0 Å². The van der Waals surface area contributed by atoms with E-state index >= 15 is 0 Å². The quantitative estimate of drug-likeness (QED) is 0.392. The SMILES string of the molecule is O=C(CSCc1ccc(CSCC(=O)c2ccccc2)cc1)c1ccccc1. The molecule has 0 saturated carbocycles. The summed E-state index contributed by atoms with van der Waals surface area (Å²) in [6, 6.07) is 27.3. The molecule has 0 aliphatic rings. The van der Waals surface area contributed by atoms with Crippen molar-refractivity contribution >= 4 is 35.1 Å². The lowest BCUT2D eigenvalue weighted by atomic mass is 10.2. The van der Waals surface area contributed by atoms with Gasteiger partial charge in [-0.2, -0.15) is 0 Å². The van der Waals surface area contributed by atoms with Gasteiger partial charge in [0.05, 0.1) is 11.5 Å². The van der Waals surface area contributed by atoms with E-state index in [-0.39, 0.29) is 11.6 Å². The first-order valence-corrected chi connectivity index (χ1v) is 11.4. The number of hydrogen-bond acceptors (Lipinski definition) is 4. The number of rotatable bonds is 10. The topological polar surface area (TPSA) is 34.1 Å². The molecule has 0 aliphatic heterocycles. The molecule has 0 aliphatic carbocycles. The molecule has 3 rings (SSSR count). The number of benzene rings is 3. The van der Waals surface area contributed by atoms with E-state index in [1.54, 1.807) is 23.5 Å². The molecule has 0 aromatic heterocycles. The molecule has 0 saturated heterocycles. The Morgan fingerprint density at radius 3 is 1.25 bits per heavy atom.